The maximum absolute atomic E-state index is 10.8. The van der Waals surface area contributed by atoms with Gasteiger partial charge in [-0.25, -0.2) is 0 Å². The zero-order valence-corrected chi connectivity index (χ0v) is 15.6. The first kappa shape index (κ1) is 17.3. The van der Waals surface area contributed by atoms with Gasteiger partial charge in [0.2, 0.25) is 0 Å². The molecule has 1 aromatic heterocycles. The minimum Gasteiger partial charge on any atom is -0.391 e. The van der Waals surface area contributed by atoms with Crippen molar-refractivity contribution in [1.29, 1.82) is 0 Å². The van der Waals surface area contributed by atoms with Crippen LogP contribution in [0.5, 0.6) is 0 Å². The molecule has 0 amide bonds. The number of aromatic nitrogens is 2. The molecule has 0 unspecified atom stereocenters. The van der Waals surface area contributed by atoms with Crippen molar-refractivity contribution in [1.82, 2.24) is 14.7 Å². The van der Waals surface area contributed by atoms with E-state index in [9.17, 15) is 5.11 Å². The first-order valence-corrected chi connectivity index (χ1v) is 9.56. The van der Waals surface area contributed by atoms with Gasteiger partial charge in [-0.1, -0.05) is 42.5 Å². The number of hydrogen-bond donors (Lipinski definition) is 1. The predicted octanol–water partition coefficient (Wildman–Crippen LogP) is 3.72. The van der Waals surface area contributed by atoms with Gasteiger partial charge in [0.25, 0.3) is 0 Å². The number of fused-ring (bicyclic) bond motifs is 1. The van der Waals surface area contributed by atoms with Crippen LogP contribution in [0.4, 0.5) is 0 Å². The summed E-state index contributed by atoms with van der Waals surface area (Å²) in [5.41, 5.74) is 3.76. The van der Waals surface area contributed by atoms with Gasteiger partial charge in [-0.2, -0.15) is 5.10 Å². The fourth-order valence-corrected chi connectivity index (χ4v) is 4.17. The molecule has 0 saturated carbocycles. The van der Waals surface area contributed by atoms with Gasteiger partial charge in [0.1, 0.15) is 0 Å². The number of aryl methyl sites for hydroxylation is 1. The quantitative estimate of drug-likeness (QED) is 0.780. The molecule has 2 aromatic carbocycles. The van der Waals surface area contributed by atoms with Crippen LogP contribution in [0.2, 0.25) is 0 Å². The zero-order chi connectivity index (χ0) is 18.1. The third-order valence-electron chi connectivity index (χ3n) is 5.77. The van der Waals surface area contributed by atoms with Crippen LogP contribution in [0, 0.1) is 6.92 Å². The Labute approximate surface area is 155 Å². The van der Waals surface area contributed by atoms with Crippen LogP contribution >= 0.6 is 0 Å². The molecule has 4 heteroatoms. The average molecular weight is 349 g/mol. The molecule has 0 bridgehead atoms. The zero-order valence-electron chi connectivity index (χ0n) is 15.6. The van der Waals surface area contributed by atoms with Crippen molar-refractivity contribution in [2.45, 2.75) is 45.4 Å². The van der Waals surface area contributed by atoms with Gasteiger partial charge in [0.15, 0.2) is 0 Å². The summed E-state index contributed by atoms with van der Waals surface area (Å²) in [4.78, 5) is 2.35. The van der Waals surface area contributed by atoms with Crippen molar-refractivity contribution in [2.75, 3.05) is 13.1 Å². The summed E-state index contributed by atoms with van der Waals surface area (Å²) >= 11 is 0. The van der Waals surface area contributed by atoms with Gasteiger partial charge in [-0.3, -0.25) is 9.58 Å². The number of rotatable bonds is 4. The van der Waals surface area contributed by atoms with E-state index >= 15 is 0 Å². The van der Waals surface area contributed by atoms with Crippen LogP contribution in [0.3, 0.4) is 0 Å². The summed E-state index contributed by atoms with van der Waals surface area (Å²) in [6.45, 7) is 7.73. The third kappa shape index (κ3) is 3.27. The van der Waals surface area contributed by atoms with Crippen molar-refractivity contribution >= 4 is 10.8 Å². The topological polar surface area (TPSA) is 41.3 Å². The van der Waals surface area contributed by atoms with E-state index in [1.807, 2.05) is 10.9 Å². The Morgan fingerprint density at radius 2 is 1.96 bits per heavy atom. The lowest BCUT2D eigenvalue weighted by atomic mass is 9.86. The summed E-state index contributed by atoms with van der Waals surface area (Å²) < 4.78 is 2.04. The van der Waals surface area contributed by atoms with Gasteiger partial charge in [0.05, 0.1) is 12.3 Å². The molecule has 4 rings (SSSR count). The molecular weight excluding hydrogens is 322 g/mol. The molecule has 1 fully saturated rings. The maximum atomic E-state index is 10.8. The molecule has 4 nitrogen and oxygen atoms in total. The normalized spacial score (nSPS) is 21.3. The maximum Gasteiger partial charge on any atom is 0.0736 e. The molecule has 2 atom stereocenters. The van der Waals surface area contributed by atoms with Crippen LogP contribution in [0.1, 0.15) is 36.1 Å². The van der Waals surface area contributed by atoms with Crippen LogP contribution in [0.25, 0.3) is 10.8 Å². The summed E-state index contributed by atoms with van der Waals surface area (Å²) in [5, 5.41) is 17.7. The molecule has 0 radical (unpaired) electrons. The number of aliphatic hydroxyl groups excluding tert-OH is 1. The molecule has 136 valence electrons. The monoisotopic (exact) mass is 349 g/mol. The molecule has 1 N–H and O–H groups in total. The summed E-state index contributed by atoms with van der Waals surface area (Å²) in [5.74, 6) is 0.218. The smallest absolute Gasteiger partial charge is 0.0736 e. The van der Waals surface area contributed by atoms with E-state index < -0.39 is 0 Å². The lowest BCUT2D eigenvalue weighted by Gasteiger charge is -2.36. The summed E-state index contributed by atoms with van der Waals surface area (Å²) in [6.07, 6.45) is 2.63. The first-order chi connectivity index (χ1) is 12.7. The largest absolute Gasteiger partial charge is 0.391 e. The van der Waals surface area contributed by atoms with Crippen molar-refractivity contribution in [3.05, 3.63) is 65.5 Å². The second-order valence-electron chi connectivity index (χ2n) is 7.38. The number of β-amino-alcohol motifs (C(OH)–C–C–N with tert-alkyl or cyclic N) is 1. The number of benzene rings is 2. The van der Waals surface area contributed by atoms with E-state index in [1.54, 1.807) is 0 Å². The van der Waals surface area contributed by atoms with E-state index in [4.69, 9.17) is 0 Å². The minimum absolute atomic E-state index is 0.218. The number of hydrogen-bond acceptors (Lipinski definition) is 3. The van der Waals surface area contributed by atoms with E-state index in [0.717, 1.165) is 26.1 Å². The standard InChI is InChI=1S/C22H27N3O/c1-3-25-16(2)20(13-23-25)14-24-11-10-21(22(26)15-24)19-9-8-17-6-4-5-7-18(17)12-19/h4-9,12-13,21-22,26H,3,10-11,14-15H2,1-2H3/t21-,22+/m1/s1. The SMILES string of the molecule is CCn1ncc(CN2CC[C@H](c3ccc4ccccc4c3)[C@@H](O)C2)c1C. The molecule has 1 saturated heterocycles. The van der Waals surface area contributed by atoms with Gasteiger partial charge in [-0.15, -0.1) is 0 Å². The molecule has 0 aliphatic carbocycles. The van der Waals surface area contributed by atoms with Gasteiger partial charge in [0, 0.05) is 36.8 Å². The number of aliphatic hydroxyl groups is 1. The van der Waals surface area contributed by atoms with Crippen LogP contribution in [-0.2, 0) is 13.1 Å². The molecule has 2 heterocycles. The highest BCUT2D eigenvalue weighted by molar-refractivity contribution is 5.83. The minimum atomic E-state index is -0.327. The van der Waals surface area contributed by atoms with Crippen LogP contribution in [-0.4, -0.2) is 39.0 Å². The summed E-state index contributed by atoms with van der Waals surface area (Å²) in [7, 11) is 0. The number of piperidine rings is 1. The lowest BCUT2D eigenvalue weighted by molar-refractivity contribution is 0.0476. The van der Waals surface area contributed by atoms with E-state index in [1.165, 1.54) is 27.6 Å². The van der Waals surface area contributed by atoms with Crippen molar-refractivity contribution in [3.8, 4) is 0 Å². The van der Waals surface area contributed by atoms with Crippen molar-refractivity contribution in [3.63, 3.8) is 0 Å². The molecule has 3 aromatic rings. The van der Waals surface area contributed by atoms with E-state index in [0.29, 0.717) is 6.54 Å². The van der Waals surface area contributed by atoms with Gasteiger partial charge >= 0.3 is 0 Å². The van der Waals surface area contributed by atoms with Gasteiger partial charge in [-0.05, 0) is 43.1 Å². The number of likely N-dealkylation sites (tertiary alicyclic amines) is 1. The average Bonchev–Trinajstić information content (AvgIpc) is 3.01. The highest BCUT2D eigenvalue weighted by Gasteiger charge is 2.29. The van der Waals surface area contributed by atoms with E-state index in [2.05, 4.69) is 66.3 Å². The Kier molecular flexibility index (Phi) is 4.79. The fourth-order valence-electron chi connectivity index (χ4n) is 4.17. The Hall–Kier alpha value is -2.17. The second kappa shape index (κ2) is 7.22. The predicted molar refractivity (Wildman–Crippen MR) is 105 cm³/mol. The third-order valence-corrected chi connectivity index (χ3v) is 5.77. The molecule has 26 heavy (non-hydrogen) atoms. The molecule has 0 spiro atoms. The first-order valence-electron chi connectivity index (χ1n) is 9.56. The molecule has 1 aliphatic rings. The Balaban J connectivity index is 1.46. The lowest BCUT2D eigenvalue weighted by Crippen LogP contribution is -2.42. The summed E-state index contributed by atoms with van der Waals surface area (Å²) in [6, 6.07) is 15.0. The molecular formula is C22H27N3O. The highest BCUT2D eigenvalue weighted by Crippen LogP contribution is 2.31. The Bertz CT molecular complexity index is 901. The molecule has 1 aliphatic heterocycles. The van der Waals surface area contributed by atoms with Gasteiger partial charge < -0.3 is 5.11 Å². The highest BCUT2D eigenvalue weighted by atomic mass is 16.3. The van der Waals surface area contributed by atoms with E-state index in [-0.39, 0.29) is 12.0 Å². The Morgan fingerprint density at radius 3 is 2.69 bits per heavy atom. The second-order valence-corrected chi connectivity index (χ2v) is 7.38. The fraction of sp³-hybridized carbons (Fsp3) is 0.409. The van der Waals surface area contributed by atoms with Crippen LogP contribution < -0.4 is 0 Å². The number of nitrogens with zero attached hydrogens (tertiary/aromatic N) is 3. The van der Waals surface area contributed by atoms with Crippen LogP contribution in [0.15, 0.2) is 48.7 Å². The Morgan fingerprint density at radius 1 is 1.15 bits per heavy atom. The van der Waals surface area contributed by atoms with Crippen molar-refractivity contribution < 1.29 is 5.11 Å². The van der Waals surface area contributed by atoms with Crippen molar-refractivity contribution in [2.24, 2.45) is 0 Å².